The molecule has 160 valence electrons. The number of thioether (sulfide) groups is 1. The molecule has 0 saturated carbocycles. The van der Waals surface area contributed by atoms with Gasteiger partial charge in [-0.2, -0.15) is 0 Å². The number of aryl methyl sites for hydroxylation is 2. The number of thiazole rings is 1. The molecule has 0 fully saturated rings. The number of fused-ring (bicyclic) bond motifs is 1. The smallest absolute Gasteiger partial charge is 0.236 e. The molecule has 2 aromatic heterocycles. The van der Waals surface area contributed by atoms with Crippen LogP contribution in [0.1, 0.15) is 23.9 Å². The molecule has 0 aliphatic carbocycles. The van der Waals surface area contributed by atoms with Crippen molar-refractivity contribution in [2.24, 2.45) is 0 Å². The Kier molecular flexibility index (Phi) is 6.53. The molecule has 2 heterocycles. The molecule has 4 rings (SSSR count). The molecule has 31 heavy (non-hydrogen) atoms. The van der Waals surface area contributed by atoms with Gasteiger partial charge in [0.1, 0.15) is 12.4 Å². The summed E-state index contributed by atoms with van der Waals surface area (Å²) in [6.45, 7) is 7.17. The predicted molar refractivity (Wildman–Crippen MR) is 125 cm³/mol. The third kappa shape index (κ3) is 5.05. The van der Waals surface area contributed by atoms with Crippen molar-refractivity contribution >= 4 is 44.4 Å². The molecule has 0 spiro atoms. The summed E-state index contributed by atoms with van der Waals surface area (Å²) in [4.78, 5) is 16.8. The molecular weight excluding hydrogens is 430 g/mol. The molecule has 7 nitrogen and oxygen atoms in total. The Morgan fingerprint density at radius 2 is 2.00 bits per heavy atom. The number of ether oxygens (including phenoxy) is 1. The molecule has 2 aromatic carbocycles. The third-order valence-corrected chi connectivity index (χ3v) is 6.75. The maximum absolute atomic E-state index is 12.4. The molecule has 1 amide bonds. The highest BCUT2D eigenvalue weighted by molar-refractivity contribution is 7.99. The summed E-state index contributed by atoms with van der Waals surface area (Å²) in [6.07, 6.45) is 0. The van der Waals surface area contributed by atoms with E-state index in [-0.39, 0.29) is 11.7 Å². The molecule has 0 aliphatic rings. The number of anilines is 1. The molecule has 0 bridgehead atoms. The van der Waals surface area contributed by atoms with E-state index in [9.17, 15) is 4.79 Å². The summed E-state index contributed by atoms with van der Waals surface area (Å²) in [5.74, 6) is 1.64. The van der Waals surface area contributed by atoms with Crippen LogP contribution in [0.3, 0.4) is 0 Å². The Balaban J connectivity index is 1.35. The topological polar surface area (TPSA) is 81.9 Å². The molecule has 0 atom stereocenters. The molecule has 0 radical (unpaired) electrons. The van der Waals surface area contributed by atoms with Crippen molar-refractivity contribution in [2.45, 2.75) is 39.1 Å². The van der Waals surface area contributed by atoms with E-state index in [0.29, 0.717) is 23.4 Å². The molecule has 1 N–H and O–H groups in total. The van der Waals surface area contributed by atoms with Gasteiger partial charge in [0, 0.05) is 6.54 Å². The standard InChI is InChI=1S/C22H23N5O2S2/c1-4-27-19(12-29-16-10-9-14(2)15(3)11-16)25-26-22(27)30-13-20(28)24-21-23-17-7-5-6-8-18(17)31-21/h5-11H,4,12-13H2,1-3H3,(H,23,24,28). The van der Waals surface area contributed by atoms with Gasteiger partial charge in [-0.25, -0.2) is 4.98 Å². The van der Waals surface area contributed by atoms with Crippen LogP contribution in [0, 0.1) is 13.8 Å². The summed E-state index contributed by atoms with van der Waals surface area (Å²) in [7, 11) is 0. The summed E-state index contributed by atoms with van der Waals surface area (Å²) < 4.78 is 8.91. The van der Waals surface area contributed by atoms with E-state index >= 15 is 0 Å². The lowest BCUT2D eigenvalue weighted by atomic mass is 10.1. The van der Waals surface area contributed by atoms with Crippen molar-refractivity contribution in [3.63, 3.8) is 0 Å². The average molecular weight is 454 g/mol. The number of para-hydroxylation sites is 1. The van der Waals surface area contributed by atoms with Crippen molar-refractivity contribution in [2.75, 3.05) is 11.1 Å². The zero-order valence-electron chi connectivity index (χ0n) is 17.6. The normalized spacial score (nSPS) is 11.1. The highest BCUT2D eigenvalue weighted by Crippen LogP contribution is 2.26. The van der Waals surface area contributed by atoms with Crippen molar-refractivity contribution in [3.8, 4) is 5.75 Å². The van der Waals surface area contributed by atoms with Crippen molar-refractivity contribution in [1.29, 1.82) is 0 Å². The fraction of sp³-hybridized carbons (Fsp3) is 0.273. The van der Waals surface area contributed by atoms with Gasteiger partial charge in [-0.1, -0.05) is 41.3 Å². The van der Waals surface area contributed by atoms with Gasteiger partial charge in [-0.05, 0) is 56.2 Å². The van der Waals surface area contributed by atoms with E-state index in [1.54, 1.807) is 0 Å². The van der Waals surface area contributed by atoms with Gasteiger partial charge >= 0.3 is 0 Å². The first-order valence-electron chi connectivity index (χ1n) is 9.94. The van der Waals surface area contributed by atoms with Crippen LogP contribution in [0.15, 0.2) is 47.6 Å². The Morgan fingerprint density at radius 3 is 2.77 bits per heavy atom. The number of benzene rings is 2. The van der Waals surface area contributed by atoms with Gasteiger partial charge < -0.3 is 14.6 Å². The number of hydrogen-bond donors (Lipinski definition) is 1. The second kappa shape index (κ2) is 9.49. The number of amides is 1. The Hall–Kier alpha value is -2.91. The van der Waals surface area contributed by atoms with Gasteiger partial charge in [0.2, 0.25) is 5.91 Å². The van der Waals surface area contributed by atoms with Crippen molar-refractivity contribution in [1.82, 2.24) is 19.7 Å². The first-order valence-corrected chi connectivity index (χ1v) is 11.7. The van der Waals surface area contributed by atoms with E-state index in [4.69, 9.17) is 4.74 Å². The summed E-state index contributed by atoms with van der Waals surface area (Å²) in [5.41, 5.74) is 3.30. The zero-order chi connectivity index (χ0) is 21.8. The van der Waals surface area contributed by atoms with Gasteiger partial charge in [0.25, 0.3) is 0 Å². The number of rotatable bonds is 8. The van der Waals surface area contributed by atoms with Crippen LogP contribution in [0.5, 0.6) is 5.75 Å². The van der Waals surface area contributed by atoms with Crippen LogP contribution in [-0.4, -0.2) is 31.4 Å². The minimum absolute atomic E-state index is 0.123. The van der Waals surface area contributed by atoms with Gasteiger partial charge in [-0.15, -0.1) is 10.2 Å². The minimum atomic E-state index is -0.123. The van der Waals surface area contributed by atoms with Crippen LogP contribution in [0.2, 0.25) is 0 Å². The Labute approximate surface area is 188 Å². The molecule has 0 aliphatic heterocycles. The number of hydrogen-bond acceptors (Lipinski definition) is 7. The fourth-order valence-corrected chi connectivity index (χ4v) is 4.72. The van der Waals surface area contributed by atoms with Gasteiger partial charge in [0.05, 0.1) is 16.0 Å². The minimum Gasteiger partial charge on any atom is -0.486 e. The lowest BCUT2D eigenvalue weighted by Crippen LogP contribution is -2.14. The van der Waals surface area contributed by atoms with Gasteiger partial charge in [0.15, 0.2) is 16.1 Å². The number of nitrogens with one attached hydrogen (secondary N) is 1. The van der Waals surface area contributed by atoms with Crippen LogP contribution in [-0.2, 0) is 17.9 Å². The summed E-state index contributed by atoms with van der Waals surface area (Å²) in [6, 6.07) is 13.8. The zero-order valence-corrected chi connectivity index (χ0v) is 19.2. The lowest BCUT2D eigenvalue weighted by Gasteiger charge is -2.10. The first kappa shape index (κ1) is 21.3. The van der Waals surface area contributed by atoms with E-state index in [0.717, 1.165) is 21.8 Å². The van der Waals surface area contributed by atoms with Crippen LogP contribution in [0.25, 0.3) is 10.2 Å². The number of carbonyl (C=O) groups is 1. The predicted octanol–water partition coefficient (Wildman–Crippen LogP) is 4.83. The largest absolute Gasteiger partial charge is 0.486 e. The maximum atomic E-state index is 12.4. The molecule has 4 aromatic rings. The molecule has 9 heteroatoms. The van der Waals surface area contributed by atoms with Crippen molar-refractivity contribution < 1.29 is 9.53 Å². The monoisotopic (exact) mass is 453 g/mol. The molecule has 0 saturated heterocycles. The lowest BCUT2D eigenvalue weighted by molar-refractivity contribution is -0.113. The van der Waals surface area contributed by atoms with E-state index in [2.05, 4.69) is 34.3 Å². The Morgan fingerprint density at radius 1 is 1.16 bits per heavy atom. The van der Waals surface area contributed by atoms with E-state index in [1.807, 2.05) is 54.0 Å². The average Bonchev–Trinajstić information content (AvgIpc) is 3.35. The molecule has 0 unspecified atom stereocenters. The highest BCUT2D eigenvalue weighted by Gasteiger charge is 2.15. The fourth-order valence-electron chi connectivity index (χ4n) is 3.01. The van der Waals surface area contributed by atoms with Crippen LogP contribution in [0.4, 0.5) is 5.13 Å². The first-order chi connectivity index (χ1) is 15.0. The maximum Gasteiger partial charge on any atom is 0.236 e. The third-order valence-electron chi connectivity index (χ3n) is 4.83. The molecular formula is C22H23N5O2S2. The number of nitrogens with zero attached hydrogens (tertiary/aromatic N) is 4. The van der Waals surface area contributed by atoms with E-state index < -0.39 is 0 Å². The van der Waals surface area contributed by atoms with Crippen LogP contribution >= 0.6 is 23.1 Å². The number of aromatic nitrogens is 4. The quantitative estimate of drug-likeness (QED) is 0.385. The summed E-state index contributed by atoms with van der Waals surface area (Å²) in [5, 5.41) is 12.7. The van der Waals surface area contributed by atoms with E-state index in [1.165, 1.54) is 34.2 Å². The van der Waals surface area contributed by atoms with Gasteiger partial charge in [-0.3, -0.25) is 4.79 Å². The second-order valence-corrected chi connectivity index (χ2v) is 8.97. The highest BCUT2D eigenvalue weighted by atomic mass is 32.2. The summed E-state index contributed by atoms with van der Waals surface area (Å²) >= 11 is 2.81. The Bertz CT molecular complexity index is 1180. The SMILES string of the molecule is CCn1c(COc2ccc(C)c(C)c2)nnc1SCC(=O)Nc1nc2ccccc2s1. The second-order valence-electron chi connectivity index (χ2n) is 7.00. The number of carbonyl (C=O) groups excluding carboxylic acids is 1. The van der Waals surface area contributed by atoms with Crippen molar-refractivity contribution in [3.05, 3.63) is 59.4 Å². The van der Waals surface area contributed by atoms with Crippen LogP contribution < -0.4 is 10.1 Å².